The number of ether oxygens (including phenoxy) is 1. The van der Waals surface area contributed by atoms with E-state index in [2.05, 4.69) is 35.6 Å². The highest BCUT2D eigenvalue weighted by atomic mass is 16.5. The fourth-order valence-corrected chi connectivity index (χ4v) is 4.47. The van der Waals surface area contributed by atoms with Crippen molar-refractivity contribution in [2.24, 2.45) is 11.8 Å². The molecule has 2 N–H and O–H groups in total. The molecular formula is C24H41N5O2. The van der Waals surface area contributed by atoms with E-state index < -0.39 is 0 Å². The van der Waals surface area contributed by atoms with Gasteiger partial charge in [0.25, 0.3) is 0 Å². The summed E-state index contributed by atoms with van der Waals surface area (Å²) in [7, 11) is 0. The first-order valence-corrected chi connectivity index (χ1v) is 12.3. The Bertz CT molecular complexity index is 716. The van der Waals surface area contributed by atoms with Gasteiger partial charge in [0, 0.05) is 12.1 Å². The SMILES string of the molecule is CCCCOc1nc(N)c2c(n1)N(CCCCC1CCN(CCC(C)C)CC1)C(=O)C2. The highest BCUT2D eigenvalue weighted by Gasteiger charge is 2.32. The van der Waals surface area contributed by atoms with Gasteiger partial charge in [0.2, 0.25) is 5.91 Å². The molecule has 0 radical (unpaired) electrons. The molecule has 0 unspecified atom stereocenters. The Morgan fingerprint density at radius 3 is 2.61 bits per heavy atom. The Morgan fingerprint density at radius 2 is 1.90 bits per heavy atom. The Hall–Kier alpha value is -1.89. The standard InChI is InChI=1S/C24H41N5O2/c1-4-5-16-31-24-26-22(25)20-17-21(30)29(23(20)27-24)12-7-6-8-19-10-14-28(15-11-19)13-9-18(2)3/h18-19H,4-17H2,1-3H3,(H2,25,26,27). The van der Waals surface area contributed by atoms with Crippen LogP contribution in [0.15, 0.2) is 0 Å². The maximum atomic E-state index is 12.6. The second-order valence-electron chi connectivity index (χ2n) is 9.58. The van der Waals surface area contributed by atoms with E-state index in [9.17, 15) is 4.79 Å². The second kappa shape index (κ2) is 11.7. The van der Waals surface area contributed by atoms with Crippen molar-refractivity contribution >= 4 is 17.5 Å². The average Bonchev–Trinajstić information content (AvgIpc) is 3.06. The van der Waals surface area contributed by atoms with Crippen molar-refractivity contribution < 1.29 is 9.53 Å². The smallest absolute Gasteiger partial charge is 0.320 e. The van der Waals surface area contributed by atoms with Crippen LogP contribution >= 0.6 is 0 Å². The zero-order valence-corrected chi connectivity index (χ0v) is 19.7. The summed E-state index contributed by atoms with van der Waals surface area (Å²) in [4.78, 5) is 25.7. The first-order valence-electron chi connectivity index (χ1n) is 12.3. The third kappa shape index (κ3) is 6.79. The lowest BCUT2D eigenvalue weighted by Crippen LogP contribution is -2.35. The van der Waals surface area contributed by atoms with Crippen LogP contribution in [-0.2, 0) is 11.2 Å². The minimum Gasteiger partial charge on any atom is -0.463 e. The van der Waals surface area contributed by atoms with Gasteiger partial charge in [-0.3, -0.25) is 9.69 Å². The number of unbranched alkanes of at least 4 members (excludes halogenated alkanes) is 2. The number of aromatic nitrogens is 2. The van der Waals surface area contributed by atoms with Crippen molar-refractivity contribution in [3.05, 3.63) is 5.56 Å². The number of hydrogen-bond donors (Lipinski definition) is 1. The molecular weight excluding hydrogens is 390 g/mol. The maximum absolute atomic E-state index is 12.6. The monoisotopic (exact) mass is 431 g/mol. The first-order chi connectivity index (χ1) is 15.0. The number of likely N-dealkylation sites (tertiary alicyclic amines) is 1. The highest BCUT2D eigenvalue weighted by molar-refractivity contribution is 6.01. The largest absolute Gasteiger partial charge is 0.463 e. The Balaban J connectivity index is 1.43. The van der Waals surface area contributed by atoms with Gasteiger partial charge in [-0.15, -0.1) is 0 Å². The van der Waals surface area contributed by atoms with Crippen LogP contribution in [0.25, 0.3) is 0 Å². The predicted molar refractivity (Wildman–Crippen MR) is 125 cm³/mol. The molecule has 7 heteroatoms. The van der Waals surface area contributed by atoms with E-state index in [1.165, 1.54) is 45.3 Å². The van der Waals surface area contributed by atoms with Crippen LogP contribution in [0.2, 0.25) is 0 Å². The molecule has 0 atom stereocenters. The molecule has 174 valence electrons. The van der Waals surface area contributed by atoms with Gasteiger partial charge in [-0.05, 0) is 63.6 Å². The number of hydrogen-bond acceptors (Lipinski definition) is 6. The topological polar surface area (TPSA) is 84.6 Å². The third-order valence-electron chi connectivity index (χ3n) is 6.58. The lowest BCUT2D eigenvalue weighted by molar-refractivity contribution is -0.117. The molecule has 2 aliphatic rings. The molecule has 1 aromatic rings. The molecule has 0 aromatic carbocycles. The van der Waals surface area contributed by atoms with Gasteiger partial charge in [-0.1, -0.05) is 40.0 Å². The Labute approximate surface area is 187 Å². The van der Waals surface area contributed by atoms with Crippen LogP contribution in [0.5, 0.6) is 6.01 Å². The number of piperidine rings is 1. The lowest BCUT2D eigenvalue weighted by Gasteiger charge is -2.32. The summed E-state index contributed by atoms with van der Waals surface area (Å²) in [6, 6.07) is 0.286. The number of rotatable bonds is 12. The summed E-state index contributed by atoms with van der Waals surface area (Å²) >= 11 is 0. The zero-order chi connectivity index (χ0) is 22.2. The number of amides is 1. The first kappa shape index (κ1) is 23.8. The van der Waals surface area contributed by atoms with E-state index in [0.717, 1.165) is 43.1 Å². The third-order valence-corrected chi connectivity index (χ3v) is 6.58. The van der Waals surface area contributed by atoms with Crippen LogP contribution in [0.3, 0.4) is 0 Å². The summed E-state index contributed by atoms with van der Waals surface area (Å²) in [5.74, 6) is 2.71. The molecule has 0 saturated carbocycles. The minimum absolute atomic E-state index is 0.0696. The van der Waals surface area contributed by atoms with Crippen LogP contribution in [0, 0.1) is 11.8 Å². The van der Waals surface area contributed by atoms with Gasteiger partial charge in [0.05, 0.1) is 13.0 Å². The van der Waals surface area contributed by atoms with Gasteiger partial charge < -0.3 is 15.4 Å². The summed E-state index contributed by atoms with van der Waals surface area (Å²) in [5.41, 5.74) is 6.84. The summed E-state index contributed by atoms with van der Waals surface area (Å²) in [5, 5.41) is 0. The second-order valence-corrected chi connectivity index (χ2v) is 9.58. The minimum atomic E-state index is 0.0696. The van der Waals surface area contributed by atoms with Crippen LogP contribution in [0.1, 0.15) is 77.7 Å². The van der Waals surface area contributed by atoms with Crippen molar-refractivity contribution in [3.63, 3.8) is 0 Å². The van der Waals surface area contributed by atoms with Crippen molar-refractivity contribution in [1.29, 1.82) is 0 Å². The van der Waals surface area contributed by atoms with Crippen molar-refractivity contribution in [1.82, 2.24) is 14.9 Å². The van der Waals surface area contributed by atoms with Gasteiger partial charge in [-0.2, -0.15) is 9.97 Å². The van der Waals surface area contributed by atoms with E-state index in [1.54, 1.807) is 4.90 Å². The quantitative estimate of drug-likeness (QED) is 0.503. The number of anilines is 2. The summed E-state index contributed by atoms with van der Waals surface area (Å²) in [6.45, 7) is 11.7. The van der Waals surface area contributed by atoms with E-state index in [4.69, 9.17) is 10.5 Å². The van der Waals surface area contributed by atoms with E-state index in [0.29, 0.717) is 31.2 Å². The van der Waals surface area contributed by atoms with Crippen molar-refractivity contribution in [2.75, 3.05) is 43.4 Å². The number of carbonyl (C=O) groups excluding carboxylic acids is 1. The number of nitrogen functional groups attached to an aromatic ring is 1. The molecule has 0 aliphatic carbocycles. The Morgan fingerprint density at radius 1 is 1.13 bits per heavy atom. The highest BCUT2D eigenvalue weighted by Crippen LogP contribution is 2.32. The number of nitrogens with zero attached hydrogens (tertiary/aromatic N) is 4. The fourth-order valence-electron chi connectivity index (χ4n) is 4.47. The number of fused-ring (bicyclic) bond motifs is 1. The summed E-state index contributed by atoms with van der Waals surface area (Å²) < 4.78 is 5.64. The Kier molecular flexibility index (Phi) is 8.93. The molecule has 1 aromatic heterocycles. The summed E-state index contributed by atoms with van der Waals surface area (Å²) in [6.07, 6.45) is 9.61. The van der Waals surface area contributed by atoms with Gasteiger partial charge >= 0.3 is 6.01 Å². The molecule has 1 fully saturated rings. The molecule has 1 saturated heterocycles. The van der Waals surface area contributed by atoms with E-state index in [1.807, 2.05) is 0 Å². The molecule has 0 bridgehead atoms. The molecule has 0 spiro atoms. The van der Waals surface area contributed by atoms with Gasteiger partial charge in [-0.25, -0.2) is 0 Å². The average molecular weight is 432 g/mol. The van der Waals surface area contributed by atoms with Crippen molar-refractivity contribution in [2.45, 2.75) is 78.6 Å². The molecule has 3 rings (SSSR count). The van der Waals surface area contributed by atoms with E-state index in [-0.39, 0.29) is 11.9 Å². The maximum Gasteiger partial charge on any atom is 0.320 e. The fraction of sp³-hybridized carbons (Fsp3) is 0.792. The van der Waals surface area contributed by atoms with Crippen LogP contribution < -0.4 is 15.4 Å². The number of carbonyl (C=O) groups is 1. The van der Waals surface area contributed by atoms with Crippen LogP contribution in [-0.4, -0.2) is 53.6 Å². The normalized spacial score (nSPS) is 17.5. The molecule has 2 aliphatic heterocycles. The molecule has 31 heavy (non-hydrogen) atoms. The predicted octanol–water partition coefficient (Wildman–Crippen LogP) is 4.06. The molecule has 7 nitrogen and oxygen atoms in total. The van der Waals surface area contributed by atoms with Gasteiger partial charge in [0.15, 0.2) is 0 Å². The van der Waals surface area contributed by atoms with E-state index >= 15 is 0 Å². The molecule has 3 heterocycles. The molecule has 1 amide bonds. The lowest BCUT2D eigenvalue weighted by atomic mass is 9.91. The zero-order valence-electron chi connectivity index (χ0n) is 19.7. The van der Waals surface area contributed by atoms with Gasteiger partial charge in [0.1, 0.15) is 11.6 Å². The van der Waals surface area contributed by atoms with Crippen LogP contribution in [0.4, 0.5) is 11.6 Å². The van der Waals surface area contributed by atoms with Crippen molar-refractivity contribution in [3.8, 4) is 6.01 Å². The number of nitrogens with two attached hydrogens (primary N) is 1.